The first-order valence-electron chi connectivity index (χ1n) is 15.2. The largest absolute Gasteiger partial charge is 0.508 e. The summed E-state index contributed by atoms with van der Waals surface area (Å²) in [5.41, 5.74) is 7.96. The molecule has 0 aliphatic carbocycles. The SMILES string of the molecule is CN[C@@H](CCCNC(=N)NC(=O)[C@H](Cc1ccc(O)cc1)NC(=O)OCc1ccccc1)C(=O)N(C)[C@@H](Cc1ccccc1)C(N)=O. The number of carbonyl (C=O) groups is 4. The van der Waals surface area contributed by atoms with Gasteiger partial charge in [-0.25, -0.2) is 4.79 Å². The molecule has 13 heteroatoms. The van der Waals surface area contributed by atoms with Gasteiger partial charge in [-0.1, -0.05) is 72.8 Å². The molecule has 4 amide bonds. The van der Waals surface area contributed by atoms with Gasteiger partial charge >= 0.3 is 6.09 Å². The molecule has 3 atom stereocenters. The molecule has 0 saturated carbocycles. The topological polar surface area (TPSA) is 199 Å². The van der Waals surface area contributed by atoms with Crippen molar-refractivity contribution in [3.63, 3.8) is 0 Å². The molecular weight excluding hydrogens is 602 g/mol. The van der Waals surface area contributed by atoms with Crippen LogP contribution in [0.15, 0.2) is 84.9 Å². The van der Waals surface area contributed by atoms with Gasteiger partial charge in [0.2, 0.25) is 17.7 Å². The summed E-state index contributed by atoms with van der Waals surface area (Å²) in [6.45, 7) is 0.270. The van der Waals surface area contributed by atoms with E-state index < -0.39 is 36.0 Å². The second-order valence-electron chi connectivity index (χ2n) is 11.0. The molecule has 8 N–H and O–H groups in total. The number of nitrogens with one attached hydrogen (secondary N) is 5. The fourth-order valence-corrected chi connectivity index (χ4v) is 4.81. The first-order chi connectivity index (χ1) is 22.6. The molecule has 0 bridgehead atoms. The van der Waals surface area contributed by atoms with E-state index >= 15 is 0 Å². The zero-order valence-corrected chi connectivity index (χ0v) is 26.6. The van der Waals surface area contributed by atoms with Crippen molar-refractivity contribution in [2.75, 3.05) is 20.6 Å². The molecule has 0 heterocycles. The van der Waals surface area contributed by atoms with Gasteiger partial charge in [0.05, 0.1) is 6.04 Å². The summed E-state index contributed by atoms with van der Waals surface area (Å²) in [7, 11) is 3.20. The zero-order valence-electron chi connectivity index (χ0n) is 26.6. The summed E-state index contributed by atoms with van der Waals surface area (Å²) in [5, 5.41) is 28.6. The number of guanidine groups is 1. The maximum absolute atomic E-state index is 13.2. The van der Waals surface area contributed by atoms with Crippen LogP contribution in [-0.2, 0) is 38.6 Å². The molecule has 3 rings (SSSR count). The lowest BCUT2D eigenvalue weighted by Crippen LogP contribution is -2.53. The quantitative estimate of drug-likeness (QED) is 0.0695. The average Bonchev–Trinajstić information content (AvgIpc) is 3.07. The molecule has 0 radical (unpaired) electrons. The van der Waals surface area contributed by atoms with Gasteiger partial charge in [0.1, 0.15) is 24.4 Å². The highest BCUT2D eigenvalue weighted by molar-refractivity contribution is 5.99. The number of hydrogen-bond acceptors (Lipinski definition) is 8. The Balaban J connectivity index is 1.51. The number of nitrogens with two attached hydrogens (primary N) is 1. The van der Waals surface area contributed by atoms with Crippen LogP contribution in [0.3, 0.4) is 0 Å². The molecule has 3 aromatic carbocycles. The molecule has 0 fully saturated rings. The Hall–Kier alpha value is -5.43. The van der Waals surface area contributed by atoms with Crippen LogP contribution in [0.5, 0.6) is 5.75 Å². The Morgan fingerprint density at radius 2 is 1.47 bits per heavy atom. The highest BCUT2D eigenvalue weighted by Gasteiger charge is 2.29. The third-order valence-electron chi connectivity index (χ3n) is 7.48. The van der Waals surface area contributed by atoms with E-state index in [1.807, 2.05) is 48.5 Å². The second-order valence-corrected chi connectivity index (χ2v) is 11.0. The Kier molecular flexibility index (Phi) is 14.2. The minimum atomic E-state index is -1.08. The number of amides is 4. The van der Waals surface area contributed by atoms with Gasteiger partial charge in [-0.05, 0) is 48.7 Å². The maximum Gasteiger partial charge on any atom is 0.408 e. The van der Waals surface area contributed by atoms with Crippen molar-refractivity contribution < 1.29 is 29.0 Å². The molecule has 0 spiro atoms. The molecule has 3 aromatic rings. The Bertz CT molecular complexity index is 1470. The number of phenolic OH excluding ortho intramolecular Hbond substituents is 1. The van der Waals surface area contributed by atoms with E-state index in [2.05, 4.69) is 21.3 Å². The lowest BCUT2D eigenvalue weighted by Gasteiger charge is -2.29. The second kappa shape index (κ2) is 18.5. The monoisotopic (exact) mass is 645 g/mol. The summed E-state index contributed by atoms with van der Waals surface area (Å²) in [4.78, 5) is 52.5. The molecule has 0 unspecified atom stereocenters. The molecule has 0 aliphatic heterocycles. The van der Waals surface area contributed by atoms with Crippen molar-refractivity contribution in [1.82, 2.24) is 26.2 Å². The fourth-order valence-electron chi connectivity index (χ4n) is 4.81. The van der Waals surface area contributed by atoms with Crippen LogP contribution in [0.4, 0.5) is 4.79 Å². The lowest BCUT2D eigenvalue weighted by atomic mass is 10.0. The minimum absolute atomic E-state index is 0.0136. The van der Waals surface area contributed by atoms with Gasteiger partial charge in [0.25, 0.3) is 0 Å². The third-order valence-corrected chi connectivity index (χ3v) is 7.48. The number of aromatic hydroxyl groups is 1. The van der Waals surface area contributed by atoms with Crippen LogP contribution in [0, 0.1) is 5.41 Å². The highest BCUT2D eigenvalue weighted by atomic mass is 16.5. The lowest BCUT2D eigenvalue weighted by molar-refractivity contribution is -0.139. The fraction of sp³-hybridized carbons (Fsp3) is 0.324. The molecule has 0 aromatic heterocycles. The number of benzene rings is 3. The van der Waals surface area contributed by atoms with Gasteiger partial charge in [-0.2, -0.15) is 0 Å². The van der Waals surface area contributed by atoms with E-state index in [1.54, 1.807) is 38.4 Å². The van der Waals surface area contributed by atoms with Crippen LogP contribution < -0.4 is 27.0 Å². The molecule has 47 heavy (non-hydrogen) atoms. The summed E-state index contributed by atoms with van der Waals surface area (Å²) in [5.74, 6) is -1.77. The highest BCUT2D eigenvalue weighted by Crippen LogP contribution is 2.13. The number of ether oxygens (including phenoxy) is 1. The normalized spacial score (nSPS) is 12.6. The number of likely N-dealkylation sites (N-methyl/N-ethyl adjacent to an activating group) is 2. The molecule has 13 nitrogen and oxygen atoms in total. The summed E-state index contributed by atoms with van der Waals surface area (Å²) < 4.78 is 5.27. The van der Waals surface area contributed by atoms with Crippen LogP contribution in [-0.4, -0.2) is 78.5 Å². The maximum atomic E-state index is 13.2. The Morgan fingerprint density at radius 3 is 2.06 bits per heavy atom. The Labute approximate surface area is 274 Å². The standard InChI is InChI=1S/C34H43N7O6/c1-37-27(32(45)41(2)29(30(35)43)21-23-10-5-3-6-11-23)14-9-19-38-33(36)40-31(44)28(20-24-15-17-26(42)18-16-24)39-34(46)47-22-25-12-7-4-8-13-25/h3-8,10-13,15-18,27-29,37,42H,9,14,19-22H2,1-2H3,(H2,35,43)(H,39,46)(H3,36,38,40,44)/t27-,28-,29-/m0/s1. The van der Waals surface area contributed by atoms with Crippen molar-refractivity contribution >= 4 is 29.8 Å². The van der Waals surface area contributed by atoms with Gasteiger partial charge in [-0.3, -0.25) is 25.1 Å². The Morgan fingerprint density at radius 1 is 0.872 bits per heavy atom. The van der Waals surface area contributed by atoms with Crippen molar-refractivity contribution in [2.24, 2.45) is 5.73 Å². The van der Waals surface area contributed by atoms with Crippen molar-refractivity contribution in [2.45, 2.75) is 50.4 Å². The van der Waals surface area contributed by atoms with Crippen molar-refractivity contribution in [3.8, 4) is 5.75 Å². The number of nitrogens with zero attached hydrogens (tertiary/aromatic N) is 1. The van der Waals surface area contributed by atoms with Crippen molar-refractivity contribution in [1.29, 1.82) is 5.41 Å². The van der Waals surface area contributed by atoms with Gasteiger partial charge in [0, 0.05) is 26.4 Å². The van der Waals surface area contributed by atoms with Crippen LogP contribution in [0.2, 0.25) is 0 Å². The van der Waals surface area contributed by atoms with Gasteiger partial charge < -0.3 is 36.4 Å². The summed E-state index contributed by atoms with van der Waals surface area (Å²) in [6, 6.07) is 22.1. The first kappa shape index (κ1) is 36.0. The van der Waals surface area contributed by atoms with Crippen LogP contribution in [0.1, 0.15) is 29.5 Å². The molecule has 250 valence electrons. The number of rotatable bonds is 16. The number of primary amides is 1. The smallest absolute Gasteiger partial charge is 0.408 e. The zero-order chi connectivity index (χ0) is 34.2. The number of phenols is 1. The molecular formula is C34H43N7O6. The van der Waals surface area contributed by atoms with E-state index in [-0.39, 0.29) is 37.2 Å². The minimum Gasteiger partial charge on any atom is -0.508 e. The van der Waals surface area contributed by atoms with E-state index in [9.17, 15) is 24.3 Å². The molecule has 0 aliphatic rings. The van der Waals surface area contributed by atoms with Crippen molar-refractivity contribution in [3.05, 3.63) is 102 Å². The number of hydrogen-bond donors (Lipinski definition) is 7. The number of alkyl carbamates (subject to hydrolysis) is 1. The van der Waals surface area contributed by atoms with E-state index in [0.717, 1.165) is 11.1 Å². The predicted octanol–water partition coefficient (Wildman–Crippen LogP) is 1.79. The third kappa shape index (κ3) is 12.1. The van der Waals surface area contributed by atoms with E-state index in [4.69, 9.17) is 15.9 Å². The van der Waals surface area contributed by atoms with Crippen LogP contribution in [0.25, 0.3) is 0 Å². The van der Waals surface area contributed by atoms with E-state index in [0.29, 0.717) is 24.8 Å². The average molecular weight is 646 g/mol. The predicted molar refractivity (Wildman–Crippen MR) is 177 cm³/mol. The van der Waals surface area contributed by atoms with E-state index in [1.165, 1.54) is 17.0 Å². The van der Waals surface area contributed by atoms with Gasteiger partial charge in [-0.15, -0.1) is 0 Å². The molecule has 0 saturated heterocycles. The number of carbonyl (C=O) groups excluding carboxylic acids is 4. The van der Waals surface area contributed by atoms with Gasteiger partial charge in [0.15, 0.2) is 5.96 Å². The summed E-state index contributed by atoms with van der Waals surface area (Å²) in [6.07, 6.45) is 0.395. The first-order valence-corrected chi connectivity index (χ1v) is 15.2. The summed E-state index contributed by atoms with van der Waals surface area (Å²) >= 11 is 0. The van der Waals surface area contributed by atoms with Crippen LogP contribution >= 0.6 is 0 Å².